The van der Waals surface area contributed by atoms with Gasteiger partial charge in [0.15, 0.2) is 0 Å². The lowest BCUT2D eigenvalue weighted by Gasteiger charge is -2.08. The number of hydrogen-bond donors (Lipinski definition) is 0. The molecule has 0 spiro atoms. The zero-order valence-electron chi connectivity index (χ0n) is 21.2. The summed E-state index contributed by atoms with van der Waals surface area (Å²) in [5.74, 6) is 1.80. The van der Waals surface area contributed by atoms with Crippen molar-refractivity contribution in [1.82, 2.24) is 0 Å². The van der Waals surface area contributed by atoms with Crippen LogP contribution in [0.15, 0.2) is 118 Å². The highest BCUT2D eigenvalue weighted by Gasteiger charge is 2.13. The molecule has 8 aromatic rings. The van der Waals surface area contributed by atoms with Crippen LogP contribution in [0.1, 0.15) is 11.1 Å². The largest absolute Gasteiger partial charge is 0.456 e. The molecule has 0 bridgehead atoms. The van der Waals surface area contributed by atoms with Gasteiger partial charge in [0.1, 0.15) is 22.7 Å². The van der Waals surface area contributed by atoms with E-state index in [1.165, 1.54) is 43.4 Å². The second-order valence-electron chi connectivity index (χ2n) is 10.4. The van der Waals surface area contributed by atoms with Gasteiger partial charge < -0.3 is 8.83 Å². The molecule has 2 nitrogen and oxygen atoms in total. The summed E-state index contributed by atoms with van der Waals surface area (Å²) in [5, 5.41) is 9.57. The fraction of sp³-hybridized carbons (Fsp3) is 0.0556. The SMILES string of the molecule is Cc1ccc(-c2cc3cc4c(ccc5c6cc7cc(-c8ccc(C)cc8)oc7cc6ccc45)cc3o2)cc1. The Bertz CT molecular complexity index is 2010. The summed E-state index contributed by atoms with van der Waals surface area (Å²) in [6, 6.07) is 39.1. The third-order valence-electron chi connectivity index (χ3n) is 7.78. The number of benzene rings is 6. The van der Waals surface area contributed by atoms with Crippen LogP contribution in [0.2, 0.25) is 0 Å². The summed E-state index contributed by atoms with van der Waals surface area (Å²) in [5.41, 5.74) is 6.51. The van der Waals surface area contributed by atoms with Crippen molar-refractivity contribution < 1.29 is 8.83 Å². The van der Waals surface area contributed by atoms with Crippen molar-refractivity contribution in [3.8, 4) is 22.6 Å². The van der Waals surface area contributed by atoms with Crippen LogP contribution in [0.3, 0.4) is 0 Å². The molecule has 0 fully saturated rings. The molecule has 0 N–H and O–H groups in total. The molecule has 0 radical (unpaired) electrons. The lowest BCUT2D eigenvalue weighted by atomic mass is 9.95. The number of furan rings is 2. The van der Waals surface area contributed by atoms with E-state index in [1.807, 2.05) is 0 Å². The van der Waals surface area contributed by atoms with E-state index in [0.717, 1.165) is 44.6 Å². The monoisotopic (exact) mass is 488 g/mol. The maximum atomic E-state index is 6.27. The molecule has 0 saturated carbocycles. The van der Waals surface area contributed by atoms with Crippen LogP contribution < -0.4 is 0 Å². The highest BCUT2D eigenvalue weighted by atomic mass is 16.3. The summed E-state index contributed by atoms with van der Waals surface area (Å²) < 4.78 is 12.5. The number of rotatable bonds is 2. The zero-order valence-corrected chi connectivity index (χ0v) is 21.2. The van der Waals surface area contributed by atoms with E-state index in [-0.39, 0.29) is 0 Å². The second-order valence-corrected chi connectivity index (χ2v) is 10.4. The number of aryl methyl sites for hydroxylation is 2. The van der Waals surface area contributed by atoms with Gasteiger partial charge in [-0.25, -0.2) is 0 Å². The first-order valence-electron chi connectivity index (χ1n) is 13.0. The fourth-order valence-corrected chi connectivity index (χ4v) is 5.66. The van der Waals surface area contributed by atoms with Crippen LogP contribution in [0.25, 0.3) is 76.9 Å². The molecule has 2 heteroatoms. The molecule has 8 rings (SSSR count). The molecule has 0 aliphatic heterocycles. The molecule has 0 unspecified atom stereocenters. The lowest BCUT2D eigenvalue weighted by Crippen LogP contribution is -1.81. The Morgan fingerprint density at radius 1 is 0.368 bits per heavy atom. The van der Waals surface area contributed by atoms with E-state index < -0.39 is 0 Å². The maximum Gasteiger partial charge on any atom is 0.135 e. The standard InChI is InChI=1S/C36H24O2/c1-21-3-7-23(8-4-21)33-19-27-15-31-25(17-35(27)37-33)11-13-30-29(31)14-12-26-18-36-28(16-32(26)30)20-34(38-36)24-9-5-22(2)6-10-24/h3-20H,1-2H3. The van der Waals surface area contributed by atoms with E-state index in [9.17, 15) is 0 Å². The van der Waals surface area contributed by atoms with Crippen molar-refractivity contribution in [3.05, 3.63) is 120 Å². The number of hydrogen-bond acceptors (Lipinski definition) is 2. The predicted octanol–water partition coefficient (Wildman–Crippen LogP) is 10.6. The van der Waals surface area contributed by atoms with Gasteiger partial charge in [-0.1, -0.05) is 83.9 Å². The molecule has 6 aromatic carbocycles. The van der Waals surface area contributed by atoms with Crippen molar-refractivity contribution >= 4 is 54.3 Å². The quantitative estimate of drug-likeness (QED) is 0.226. The van der Waals surface area contributed by atoms with Crippen LogP contribution in [0.4, 0.5) is 0 Å². The van der Waals surface area contributed by atoms with Crippen molar-refractivity contribution in [3.63, 3.8) is 0 Å². The van der Waals surface area contributed by atoms with Gasteiger partial charge in [0.05, 0.1) is 0 Å². The van der Waals surface area contributed by atoms with Crippen molar-refractivity contribution in [2.75, 3.05) is 0 Å². The predicted molar refractivity (Wildman–Crippen MR) is 159 cm³/mol. The minimum atomic E-state index is 0.900. The Morgan fingerprint density at radius 3 is 1.21 bits per heavy atom. The maximum absolute atomic E-state index is 6.27. The molecule has 2 heterocycles. The average molecular weight is 489 g/mol. The topological polar surface area (TPSA) is 26.3 Å². The van der Waals surface area contributed by atoms with Crippen LogP contribution in [-0.2, 0) is 0 Å². The molecule has 2 aromatic heterocycles. The van der Waals surface area contributed by atoms with Gasteiger partial charge in [0, 0.05) is 21.9 Å². The molecule has 0 aliphatic carbocycles. The van der Waals surface area contributed by atoms with Crippen molar-refractivity contribution in [2.24, 2.45) is 0 Å². The number of fused-ring (bicyclic) bond motifs is 7. The third-order valence-corrected chi connectivity index (χ3v) is 7.78. The second kappa shape index (κ2) is 7.84. The first-order valence-corrected chi connectivity index (χ1v) is 13.0. The highest BCUT2D eigenvalue weighted by molar-refractivity contribution is 6.20. The molecule has 0 atom stereocenters. The third kappa shape index (κ3) is 3.27. The van der Waals surface area contributed by atoms with Gasteiger partial charge in [-0.3, -0.25) is 0 Å². The van der Waals surface area contributed by atoms with E-state index >= 15 is 0 Å². The Morgan fingerprint density at radius 2 is 0.789 bits per heavy atom. The molecule has 38 heavy (non-hydrogen) atoms. The van der Waals surface area contributed by atoms with E-state index in [0.29, 0.717) is 0 Å². The first kappa shape index (κ1) is 21.3. The van der Waals surface area contributed by atoms with E-state index in [1.54, 1.807) is 0 Å². The summed E-state index contributed by atoms with van der Waals surface area (Å²) in [7, 11) is 0. The molecular formula is C36H24O2. The molecular weight excluding hydrogens is 464 g/mol. The van der Waals surface area contributed by atoms with Crippen molar-refractivity contribution in [2.45, 2.75) is 13.8 Å². The summed E-state index contributed by atoms with van der Waals surface area (Å²) in [4.78, 5) is 0. The van der Waals surface area contributed by atoms with Gasteiger partial charge in [-0.05, 0) is 82.6 Å². The Balaban J connectivity index is 1.31. The molecule has 0 aliphatic rings. The van der Waals surface area contributed by atoms with Gasteiger partial charge in [0.2, 0.25) is 0 Å². The molecule has 180 valence electrons. The molecule has 0 amide bonds. The van der Waals surface area contributed by atoms with Gasteiger partial charge in [0.25, 0.3) is 0 Å². The van der Waals surface area contributed by atoms with Crippen LogP contribution in [-0.4, -0.2) is 0 Å². The minimum Gasteiger partial charge on any atom is -0.456 e. The van der Waals surface area contributed by atoms with E-state index in [2.05, 4.69) is 123 Å². The average Bonchev–Trinajstić information content (AvgIpc) is 3.54. The van der Waals surface area contributed by atoms with Gasteiger partial charge >= 0.3 is 0 Å². The highest BCUT2D eigenvalue weighted by Crippen LogP contribution is 2.38. The Kier molecular flexibility index (Phi) is 4.39. The molecule has 0 saturated heterocycles. The zero-order chi connectivity index (χ0) is 25.4. The summed E-state index contributed by atoms with van der Waals surface area (Å²) >= 11 is 0. The van der Waals surface area contributed by atoms with Gasteiger partial charge in [-0.15, -0.1) is 0 Å². The smallest absolute Gasteiger partial charge is 0.135 e. The summed E-state index contributed by atoms with van der Waals surface area (Å²) in [6.07, 6.45) is 0. The van der Waals surface area contributed by atoms with Crippen LogP contribution in [0.5, 0.6) is 0 Å². The lowest BCUT2D eigenvalue weighted by molar-refractivity contribution is 0.631. The Hall–Kier alpha value is -4.82. The van der Waals surface area contributed by atoms with Crippen LogP contribution in [0, 0.1) is 13.8 Å². The minimum absolute atomic E-state index is 0.900. The summed E-state index contributed by atoms with van der Waals surface area (Å²) in [6.45, 7) is 4.20. The normalized spacial score (nSPS) is 11.9. The van der Waals surface area contributed by atoms with Crippen molar-refractivity contribution in [1.29, 1.82) is 0 Å². The van der Waals surface area contributed by atoms with E-state index in [4.69, 9.17) is 8.83 Å². The van der Waals surface area contributed by atoms with Gasteiger partial charge in [-0.2, -0.15) is 0 Å². The fourth-order valence-electron chi connectivity index (χ4n) is 5.66. The first-order chi connectivity index (χ1) is 18.6. The Labute approximate surface area is 219 Å². The van der Waals surface area contributed by atoms with Crippen LogP contribution >= 0.6 is 0 Å².